The Morgan fingerprint density at radius 2 is 2.38 bits per heavy atom. The molecule has 1 aliphatic carbocycles. The maximum atomic E-state index is 12.4. The zero-order chi connectivity index (χ0) is 16.5. The van der Waals surface area contributed by atoms with Gasteiger partial charge in [0.05, 0.1) is 13.7 Å². The fourth-order valence-electron chi connectivity index (χ4n) is 3.50. The Hall–Kier alpha value is -2.50. The van der Waals surface area contributed by atoms with Crippen LogP contribution in [0.4, 0.5) is 0 Å². The van der Waals surface area contributed by atoms with Crippen molar-refractivity contribution in [2.24, 2.45) is 5.92 Å². The van der Waals surface area contributed by atoms with E-state index in [4.69, 9.17) is 9.47 Å². The largest absolute Gasteiger partial charge is 0.497 e. The number of hydrogen-bond acceptors (Lipinski definition) is 4. The lowest BCUT2D eigenvalue weighted by Gasteiger charge is -2.25. The summed E-state index contributed by atoms with van der Waals surface area (Å²) in [4.78, 5) is 12.4. The van der Waals surface area contributed by atoms with Gasteiger partial charge in [0.1, 0.15) is 11.5 Å². The molecule has 24 heavy (non-hydrogen) atoms. The van der Waals surface area contributed by atoms with Crippen LogP contribution in [0.25, 0.3) is 0 Å². The average Bonchev–Trinajstić information content (AvgIpc) is 3.22. The van der Waals surface area contributed by atoms with Gasteiger partial charge in [0.15, 0.2) is 5.69 Å². The Morgan fingerprint density at radius 1 is 1.46 bits per heavy atom. The van der Waals surface area contributed by atoms with Crippen molar-refractivity contribution in [2.75, 3.05) is 20.3 Å². The van der Waals surface area contributed by atoms with Crippen LogP contribution in [-0.4, -0.2) is 36.4 Å². The number of aromatic amines is 1. The van der Waals surface area contributed by atoms with E-state index in [1.807, 2.05) is 18.2 Å². The number of H-pyrrole nitrogens is 1. The zero-order valence-electron chi connectivity index (χ0n) is 13.7. The SMILES string of the molecule is COc1ccc2c(c1)OCC(CNC(=O)c1n[nH]c3c1CCC3)C2. The first-order valence-electron chi connectivity index (χ1n) is 8.38. The van der Waals surface area contributed by atoms with Crippen molar-refractivity contribution >= 4 is 5.91 Å². The van der Waals surface area contributed by atoms with Crippen LogP contribution < -0.4 is 14.8 Å². The maximum absolute atomic E-state index is 12.4. The highest BCUT2D eigenvalue weighted by Crippen LogP contribution is 2.31. The number of amides is 1. The maximum Gasteiger partial charge on any atom is 0.272 e. The Morgan fingerprint density at radius 3 is 3.25 bits per heavy atom. The standard InChI is InChI=1S/C18H21N3O3/c1-23-13-6-5-12-7-11(10-24-16(12)8-13)9-19-18(22)17-14-3-2-4-15(14)20-21-17/h5-6,8,11H,2-4,7,9-10H2,1H3,(H,19,22)(H,20,21). The van der Waals surface area contributed by atoms with Crippen molar-refractivity contribution < 1.29 is 14.3 Å². The first-order valence-corrected chi connectivity index (χ1v) is 8.38. The molecule has 2 heterocycles. The molecular formula is C18H21N3O3. The van der Waals surface area contributed by atoms with Crippen LogP contribution in [0.5, 0.6) is 11.5 Å². The Bertz CT molecular complexity index is 769. The second-order valence-corrected chi connectivity index (χ2v) is 6.45. The predicted molar refractivity (Wildman–Crippen MR) is 88.6 cm³/mol. The minimum absolute atomic E-state index is 0.0880. The van der Waals surface area contributed by atoms with Gasteiger partial charge in [-0.05, 0) is 37.3 Å². The van der Waals surface area contributed by atoms with Gasteiger partial charge in [0.25, 0.3) is 5.91 Å². The molecule has 0 radical (unpaired) electrons. The summed E-state index contributed by atoms with van der Waals surface area (Å²) < 4.78 is 11.0. The first-order chi connectivity index (χ1) is 11.7. The van der Waals surface area contributed by atoms with Gasteiger partial charge in [-0.25, -0.2) is 0 Å². The van der Waals surface area contributed by atoms with Crippen LogP contribution >= 0.6 is 0 Å². The number of ether oxygens (including phenoxy) is 2. The summed E-state index contributed by atoms with van der Waals surface area (Å²) in [6.07, 6.45) is 3.92. The molecule has 1 aliphatic heterocycles. The number of hydrogen-bond donors (Lipinski definition) is 2. The number of aryl methyl sites for hydroxylation is 1. The number of methoxy groups -OCH3 is 1. The van der Waals surface area contributed by atoms with E-state index in [1.165, 1.54) is 0 Å². The molecule has 1 atom stereocenters. The molecule has 0 saturated carbocycles. The van der Waals surface area contributed by atoms with Gasteiger partial charge in [-0.3, -0.25) is 9.89 Å². The van der Waals surface area contributed by atoms with E-state index in [0.29, 0.717) is 18.8 Å². The van der Waals surface area contributed by atoms with Gasteiger partial charge in [-0.15, -0.1) is 0 Å². The fraction of sp³-hybridized carbons (Fsp3) is 0.444. The average molecular weight is 327 g/mol. The van der Waals surface area contributed by atoms with Gasteiger partial charge in [0.2, 0.25) is 0 Å². The van der Waals surface area contributed by atoms with Crippen molar-refractivity contribution in [1.29, 1.82) is 0 Å². The molecule has 1 aromatic carbocycles. The number of fused-ring (bicyclic) bond motifs is 2. The van der Waals surface area contributed by atoms with E-state index in [1.54, 1.807) is 7.11 Å². The molecular weight excluding hydrogens is 306 g/mol. The highest BCUT2D eigenvalue weighted by Gasteiger charge is 2.25. The summed E-state index contributed by atoms with van der Waals surface area (Å²) in [5.74, 6) is 1.85. The topological polar surface area (TPSA) is 76.2 Å². The molecule has 1 aromatic heterocycles. The number of carbonyl (C=O) groups is 1. The van der Waals surface area contributed by atoms with E-state index < -0.39 is 0 Å². The molecule has 6 heteroatoms. The van der Waals surface area contributed by atoms with Crippen molar-refractivity contribution in [3.05, 3.63) is 40.7 Å². The lowest BCUT2D eigenvalue weighted by molar-refractivity contribution is 0.0933. The van der Waals surface area contributed by atoms with Gasteiger partial charge < -0.3 is 14.8 Å². The lowest BCUT2D eigenvalue weighted by Crippen LogP contribution is -2.35. The Kier molecular flexibility index (Phi) is 3.88. The van der Waals surface area contributed by atoms with Gasteiger partial charge in [0, 0.05) is 29.8 Å². The number of nitrogens with zero attached hydrogens (tertiary/aromatic N) is 1. The van der Waals surface area contributed by atoms with Crippen LogP contribution in [0.15, 0.2) is 18.2 Å². The predicted octanol–water partition coefficient (Wildman–Crippen LogP) is 1.89. The molecule has 1 amide bonds. The Labute approximate surface area is 140 Å². The first kappa shape index (κ1) is 15.1. The summed E-state index contributed by atoms with van der Waals surface area (Å²) in [7, 11) is 1.65. The van der Waals surface area contributed by atoms with Crippen molar-refractivity contribution in [2.45, 2.75) is 25.7 Å². The quantitative estimate of drug-likeness (QED) is 0.899. The van der Waals surface area contributed by atoms with E-state index in [-0.39, 0.29) is 11.8 Å². The molecule has 6 nitrogen and oxygen atoms in total. The van der Waals surface area contributed by atoms with Crippen LogP contribution in [0.2, 0.25) is 0 Å². The normalized spacial score (nSPS) is 18.5. The Balaban J connectivity index is 1.37. The lowest BCUT2D eigenvalue weighted by atomic mass is 9.96. The molecule has 0 fully saturated rings. The summed E-state index contributed by atoms with van der Waals surface area (Å²) >= 11 is 0. The molecule has 2 aliphatic rings. The van der Waals surface area contributed by atoms with Crippen molar-refractivity contribution in [1.82, 2.24) is 15.5 Å². The molecule has 0 spiro atoms. The summed E-state index contributed by atoms with van der Waals surface area (Å²) in [5.41, 5.74) is 3.92. The highest BCUT2D eigenvalue weighted by molar-refractivity contribution is 5.94. The fourth-order valence-corrected chi connectivity index (χ4v) is 3.50. The molecule has 126 valence electrons. The smallest absolute Gasteiger partial charge is 0.272 e. The molecule has 0 bridgehead atoms. The van der Waals surface area contributed by atoms with Crippen LogP contribution in [0.3, 0.4) is 0 Å². The second-order valence-electron chi connectivity index (χ2n) is 6.45. The summed E-state index contributed by atoms with van der Waals surface area (Å²) in [6.45, 7) is 1.19. The third-order valence-electron chi connectivity index (χ3n) is 4.83. The highest BCUT2D eigenvalue weighted by atomic mass is 16.5. The minimum Gasteiger partial charge on any atom is -0.497 e. The monoisotopic (exact) mass is 327 g/mol. The number of rotatable bonds is 4. The van der Waals surface area contributed by atoms with Crippen molar-refractivity contribution in [3.8, 4) is 11.5 Å². The number of benzene rings is 1. The zero-order valence-corrected chi connectivity index (χ0v) is 13.7. The number of carbonyl (C=O) groups excluding carboxylic acids is 1. The number of aromatic nitrogens is 2. The third kappa shape index (κ3) is 2.72. The molecule has 1 unspecified atom stereocenters. The second kappa shape index (κ2) is 6.19. The molecule has 2 aromatic rings. The van der Waals surface area contributed by atoms with Gasteiger partial charge in [-0.2, -0.15) is 5.10 Å². The summed E-state index contributed by atoms with van der Waals surface area (Å²) in [6, 6.07) is 5.88. The van der Waals surface area contributed by atoms with Crippen LogP contribution in [-0.2, 0) is 19.3 Å². The van der Waals surface area contributed by atoms with E-state index in [9.17, 15) is 4.79 Å². The number of nitrogens with one attached hydrogen (secondary N) is 2. The van der Waals surface area contributed by atoms with Crippen LogP contribution in [0.1, 0.15) is 33.7 Å². The minimum atomic E-state index is -0.0880. The third-order valence-corrected chi connectivity index (χ3v) is 4.83. The molecule has 4 rings (SSSR count). The van der Waals surface area contributed by atoms with E-state index in [2.05, 4.69) is 15.5 Å². The van der Waals surface area contributed by atoms with E-state index >= 15 is 0 Å². The van der Waals surface area contributed by atoms with E-state index in [0.717, 1.165) is 54.0 Å². The summed E-state index contributed by atoms with van der Waals surface area (Å²) in [5, 5.41) is 10.2. The van der Waals surface area contributed by atoms with Crippen molar-refractivity contribution in [3.63, 3.8) is 0 Å². The van der Waals surface area contributed by atoms with Crippen LogP contribution in [0, 0.1) is 5.92 Å². The van der Waals surface area contributed by atoms with Gasteiger partial charge >= 0.3 is 0 Å². The molecule has 0 saturated heterocycles. The molecule has 2 N–H and O–H groups in total. The van der Waals surface area contributed by atoms with Gasteiger partial charge in [-0.1, -0.05) is 6.07 Å².